The number of carbonyl (C=O) groups is 1. The van der Waals surface area contributed by atoms with E-state index in [9.17, 15) is 4.79 Å². The first-order chi connectivity index (χ1) is 13.2. The zero-order valence-electron chi connectivity index (χ0n) is 16.3. The van der Waals surface area contributed by atoms with Gasteiger partial charge in [-0.2, -0.15) is 0 Å². The summed E-state index contributed by atoms with van der Waals surface area (Å²) in [7, 11) is 1.69. The Balaban J connectivity index is 1.39. The minimum Gasteiger partial charge on any atom is -0.496 e. The second-order valence-electron chi connectivity index (χ2n) is 6.95. The van der Waals surface area contributed by atoms with Crippen molar-refractivity contribution in [2.45, 2.75) is 13.3 Å². The monoisotopic (exact) mass is 367 g/mol. The second-order valence-corrected chi connectivity index (χ2v) is 6.95. The van der Waals surface area contributed by atoms with Gasteiger partial charge in [0.1, 0.15) is 5.75 Å². The van der Waals surface area contributed by atoms with Gasteiger partial charge < -0.3 is 19.9 Å². The first-order valence-electron chi connectivity index (χ1n) is 9.59. The van der Waals surface area contributed by atoms with Crippen molar-refractivity contribution >= 4 is 11.6 Å². The van der Waals surface area contributed by atoms with Crippen LogP contribution in [0.4, 0.5) is 5.69 Å². The Kier molecular flexibility index (Phi) is 6.71. The van der Waals surface area contributed by atoms with Crippen LogP contribution < -0.4 is 15.0 Å². The summed E-state index contributed by atoms with van der Waals surface area (Å²) in [6.45, 7) is 6.59. The number of amides is 1. The summed E-state index contributed by atoms with van der Waals surface area (Å²) in [5.41, 5.74) is 3.68. The predicted octanol–water partition coefficient (Wildman–Crippen LogP) is 2.48. The zero-order chi connectivity index (χ0) is 19.1. The highest BCUT2D eigenvalue weighted by Gasteiger charge is 2.20. The van der Waals surface area contributed by atoms with E-state index in [1.54, 1.807) is 7.11 Å². The fourth-order valence-corrected chi connectivity index (χ4v) is 3.48. The number of ether oxygens (including phenoxy) is 1. The summed E-state index contributed by atoms with van der Waals surface area (Å²) in [6, 6.07) is 16.6. The second kappa shape index (κ2) is 9.42. The highest BCUT2D eigenvalue weighted by Crippen LogP contribution is 2.18. The lowest BCUT2D eigenvalue weighted by Gasteiger charge is -2.36. The average Bonchev–Trinajstić information content (AvgIpc) is 2.71. The maximum Gasteiger partial charge on any atom is 0.236 e. The third-order valence-electron chi connectivity index (χ3n) is 5.04. The van der Waals surface area contributed by atoms with Crippen molar-refractivity contribution in [3.63, 3.8) is 0 Å². The molecular formula is C22H29N3O2. The van der Waals surface area contributed by atoms with Crippen LogP contribution in [0.2, 0.25) is 0 Å². The van der Waals surface area contributed by atoms with Crippen LogP contribution >= 0.6 is 0 Å². The Morgan fingerprint density at radius 1 is 1.07 bits per heavy atom. The summed E-state index contributed by atoms with van der Waals surface area (Å²) in [4.78, 5) is 16.8. The van der Waals surface area contributed by atoms with Crippen LogP contribution in [-0.2, 0) is 11.2 Å². The molecule has 0 spiro atoms. The number of aryl methyl sites for hydroxylation is 1. The third-order valence-corrected chi connectivity index (χ3v) is 5.04. The van der Waals surface area contributed by atoms with E-state index in [2.05, 4.69) is 47.5 Å². The zero-order valence-corrected chi connectivity index (χ0v) is 16.3. The van der Waals surface area contributed by atoms with Gasteiger partial charge in [-0.25, -0.2) is 0 Å². The molecule has 1 saturated heterocycles. The minimum absolute atomic E-state index is 0.180. The van der Waals surface area contributed by atoms with E-state index in [-0.39, 0.29) is 5.91 Å². The Morgan fingerprint density at radius 2 is 1.85 bits per heavy atom. The molecule has 1 amide bonds. The van der Waals surface area contributed by atoms with Gasteiger partial charge in [0.2, 0.25) is 5.91 Å². The summed E-state index contributed by atoms with van der Waals surface area (Å²) >= 11 is 0. The van der Waals surface area contributed by atoms with E-state index < -0.39 is 0 Å². The number of piperazine rings is 1. The molecule has 1 aliphatic rings. The van der Waals surface area contributed by atoms with Crippen LogP contribution in [0.1, 0.15) is 11.1 Å². The lowest BCUT2D eigenvalue weighted by atomic mass is 10.1. The Bertz CT molecular complexity index is 755. The van der Waals surface area contributed by atoms with E-state index in [0.29, 0.717) is 6.54 Å². The number of rotatable bonds is 7. The average molecular weight is 367 g/mol. The quantitative estimate of drug-likeness (QED) is 0.764. The molecule has 0 aliphatic carbocycles. The van der Waals surface area contributed by atoms with E-state index in [1.165, 1.54) is 11.3 Å². The van der Waals surface area contributed by atoms with E-state index in [1.807, 2.05) is 23.1 Å². The maximum atomic E-state index is 12.5. The number of nitrogens with zero attached hydrogens (tertiary/aromatic N) is 2. The van der Waals surface area contributed by atoms with Gasteiger partial charge in [-0.3, -0.25) is 4.79 Å². The van der Waals surface area contributed by atoms with E-state index in [0.717, 1.165) is 50.5 Å². The molecule has 0 saturated carbocycles. The molecule has 3 rings (SSSR count). The third kappa shape index (κ3) is 5.23. The number of hydrogen-bond donors (Lipinski definition) is 1. The molecule has 2 aromatic carbocycles. The molecule has 0 unspecified atom stereocenters. The lowest BCUT2D eigenvalue weighted by molar-refractivity contribution is -0.130. The standard InChI is InChI=1S/C22H29N3O2/c1-18-6-5-8-20(16-18)24-12-14-25(15-13-24)22(26)17-23-11-10-19-7-3-4-9-21(19)27-2/h3-9,16,23H,10-15,17H2,1-2H3. The van der Waals surface area contributed by atoms with Crippen LogP contribution in [0.5, 0.6) is 5.75 Å². The van der Waals surface area contributed by atoms with Crippen molar-refractivity contribution in [1.82, 2.24) is 10.2 Å². The molecule has 1 aliphatic heterocycles. The molecule has 1 heterocycles. The molecule has 0 atom stereocenters. The van der Waals surface area contributed by atoms with Gasteiger partial charge in [0.25, 0.3) is 0 Å². The molecule has 0 radical (unpaired) electrons. The molecule has 27 heavy (non-hydrogen) atoms. The summed E-state index contributed by atoms with van der Waals surface area (Å²) in [6.07, 6.45) is 0.846. The first kappa shape index (κ1) is 19.2. The van der Waals surface area contributed by atoms with Crippen LogP contribution in [-0.4, -0.2) is 57.2 Å². The Hall–Kier alpha value is -2.53. The molecule has 2 aromatic rings. The number of para-hydroxylation sites is 1. The SMILES string of the molecule is COc1ccccc1CCNCC(=O)N1CCN(c2cccc(C)c2)CC1. The van der Waals surface area contributed by atoms with Crippen molar-refractivity contribution in [3.8, 4) is 5.75 Å². The van der Waals surface area contributed by atoms with Gasteiger partial charge in [-0.1, -0.05) is 30.3 Å². The fourth-order valence-electron chi connectivity index (χ4n) is 3.48. The highest BCUT2D eigenvalue weighted by molar-refractivity contribution is 5.78. The van der Waals surface area contributed by atoms with Gasteiger partial charge in [-0.15, -0.1) is 0 Å². The minimum atomic E-state index is 0.180. The summed E-state index contributed by atoms with van der Waals surface area (Å²) in [5, 5.41) is 3.27. The van der Waals surface area contributed by atoms with Gasteiger partial charge in [-0.05, 0) is 49.2 Å². The van der Waals surface area contributed by atoms with E-state index in [4.69, 9.17) is 4.74 Å². The predicted molar refractivity (Wildman–Crippen MR) is 110 cm³/mol. The number of anilines is 1. The smallest absolute Gasteiger partial charge is 0.236 e. The molecule has 0 aromatic heterocycles. The van der Waals surface area contributed by atoms with E-state index >= 15 is 0 Å². The van der Waals surface area contributed by atoms with Crippen molar-refractivity contribution < 1.29 is 9.53 Å². The molecule has 1 fully saturated rings. The van der Waals surface area contributed by atoms with Crippen molar-refractivity contribution in [3.05, 3.63) is 59.7 Å². The Morgan fingerprint density at radius 3 is 2.59 bits per heavy atom. The van der Waals surface area contributed by atoms with Crippen LogP contribution in [0.3, 0.4) is 0 Å². The van der Waals surface area contributed by atoms with Crippen LogP contribution in [0.15, 0.2) is 48.5 Å². The molecular weight excluding hydrogens is 338 g/mol. The molecule has 144 valence electrons. The van der Waals surface area contributed by atoms with Crippen LogP contribution in [0.25, 0.3) is 0 Å². The van der Waals surface area contributed by atoms with Gasteiger partial charge in [0.05, 0.1) is 13.7 Å². The molecule has 5 heteroatoms. The number of hydrogen-bond acceptors (Lipinski definition) is 4. The highest BCUT2D eigenvalue weighted by atomic mass is 16.5. The van der Waals surface area contributed by atoms with Gasteiger partial charge in [0.15, 0.2) is 0 Å². The van der Waals surface area contributed by atoms with Crippen molar-refractivity contribution in [2.24, 2.45) is 0 Å². The fraction of sp³-hybridized carbons (Fsp3) is 0.409. The van der Waals surface area contributed by atoms with Crippen molar-refractivity contribution in [2.75, 3.05) is 51.3 Å². The number of benzene rings is 2. The molecule has 5 nitrogen and oxygen atoms in total. The maximum absolute atomic E-state index is 12.5. The van der Waals surface area contributed by atoms with Gasteiger partial charge in [0, 0.05) is 31.9 Å². The number of methoxy groups -OCH3 is 1. The largest absolute Gasteiger partial charge is 0.496 e. The first-order valence-corrected chi connectivity index (χ1v) is 9.59. The molecule has 0 bridgehead atoms. The summed E-state index contributed by atoms with van der Waals surface area (Å²) in [5.74, 6) is 1.08. The summed E-state index contributed by atoms with van der Waals surface area (Å²) < 4.78 is 5.36. The van der Waals surface area contributed by atoms with Crippen molar-refractivity contribution in [1.29, 1.82) is 0 Å². The topological polar surface area (TPSA) is 44.8 Å². The normalized spacial score (nSPS) is 14.3. The number of carbonyl (C=O) groups excluding carboxylic acids is 1. The number of nitrogens with one attached hydrogen (secondary N) is 1. The lowest BCUT2D eigenvalue weighted by Crippen LogP contribution is -2.51. The van der Waals surface area contributed by atoms with Crippen LogP contribution in [0, 0.1) is 6.92 Å². The van der Waals surface area contributed by atoms with Gasteiger partial charge >= 0.3 is 0 Å². The molecule has 1 N–H and O–H groups in total. The Labute approximate surface area is 161 Å².